The van der Waals surface area contributed by atoms with E-state index in [1.54, 1.807) is 0 Å². The SMILES string of the molecule is C[C@@H]1CC(C#N)C[C@]2(C)c3c(c(Br)nn3C)CC[C@@H]12. The Bertz CT molecular complexity index is 556. The third-order valence-corrected chi connectivity index (χ3v) is 5.99. The molecule has 0 aliphatic heterocycles. The Balaban J connectivity index is 2.13. The average Bonchev–Trinajstić information content (AvgIpc) is 2.64. The number of aromatic nitrogens is 2. The molecule has 0 radical (unpaired) electrons. The van der Waals surface area contributed by atoms with E-state index in [0.717, 1.165) is 23.9 Å². The van der Waals surface area contributed by atoms with Crippen LogP contribution in [0.5, 0.6) is 0 Å². The lowest BCUT2D eigenvalue weighted by molar-refractivity contribution is 0.0884. The van der Waals surface area contributed by atoms with Crippen molar-refractivity contribution in [3.8, 4) is 6.07 Å². The average molecular weight is 322 g/mol. The summed E-state index contributed by atoms with van der Waals surface area (Å²) in [5, 5.41) is 13.9. The number of hydrogen-bond acceptors (Lipinski definition) is 2. The largest absolute Gasteiger partial charge is 0.271 e. The van der Waals surface area contributed by atoms with Crippen LogP contribution in [0.2, 0.25) is 0 Å². The molecule has 0 bridgehead atoms. The fraction of sp³-hybridized carbons (Fsp3) is 0.733. The van der Waals surface area contributed by atoms with Crippen molar-refractivity contribution in [1.82, 2.24) is 9.78 Å². The molecular formula is C15H20BrN3. The molecule has 1 fully saturated rings. The molecule has 1 unspecified atom stereocenters. The van der Waals surface area contributed by atoms with Crippen LogP contribution >= 0.6 is 15.9 Å². The molecule has 0 N–H and O–H groups in total. The summed E-state index contributed by atoms with van der Waals surface area (Å²) in [6.45, 7) is 4.67. The lowest BCUT2D eigenvalue weighted by atomic mass is 9.54. The lowest BCUT2D eigenvalue weighted by Crippen LogP contribution is -2.46. The van der Waals surface area contributed by atoms with Gasteiger partial charge in [0, 0.05) is 29.6 Å². The minimum atomic E-state index is 0.111. The predicted molar refractivity (Wildman–Crippen MR) is 77.6 cm³/mol. The van der Waals surface area contributed by atoms with E-state index in [1.807, 2.05) is 11.7 Å². The summed E-state index contributed by atoms with van der Waals surface area (Å²) < 4.78 is 3.04. The van der Waals surface area contributed by atoms with E-state index < -0.39 is 0 Å². The van der Waals surface area contributed by atoms with Gasteiger partial charge in [-0.25, -0.2) is 0 Å². The fourth-order valence-corrected chi connectivity index (χ4v) is 5.36. The van der Waals surface area contributed by atoms with Gasteiger partial charge in [0.1, 0.15) is 4.60 Å². The Morgan fingerprint density at radius 3 is 2.95 bits per heavy atom. The smallest absolute Gasteiger partial charge is 0.131 e. The number of rotatable bonds is 0. The van der Waals surface area contributed by atoms with Crippen molar-refractivity contribution in [2.24, 2.45) is 24.8 Å². The van der Waals surface area contributed by atoms with Crippen molar-refractivity contribution in [2.75, 3.05) is 0 Å². The van der Waals surface area contributed by atoms with Crippen LogP contribution in [0.15, 0.2) is 4.60 Å². The Hall–Kier alpha value is -0.820. The monoisotopic (exact) mass is 321 g/mol. The summed E-state index contributed by atoms with van der Waals surface area (Å²) in [4.78, 5) is 0. The van der Waals surface area contributed by atoms with E-state index in [1.165, 1.54) is 17.7 Å². The van der Waals surface area contributed by atoms with E-state index in [0.29, 0.717) is 11.8 Å². The van der Waals surface area contributed by atoms with Gasteiger partial charge in [0.05, 0.1) is 6.07 Å². The number of nitriles is 1. The first kappa shape index (κ1) is 13.2. The third-order valence-electron chi connectivity index (χ3n) is 5.36. The van der Waals surface area contributed by atoms with Crippen LogP contribution in [0.25, 0.3) is 0 Å². The van der Waals surface area contributed by atoms with Crippen molar-refractivity contribution in [3.63, 3.8) is 0 Å². The maximum atomic E-state index is 9.35. The number of aryl methyl sites for hydroxylation is 1. The molecule has 0 saturated heterocycles. The van der Waals surface area contributed by atoms with Crippen LogP contribution in [0.3, 0.4) is 0 Å². The molecule has 3 nitrogen and oxygen atoms in total. The van der Waals surface area contributed by atoms with Crippen LogP contribution in [-0.2, 0) is 18.9 Å². The number of hydrogen-bond donors (Lipinski definition) is 0. The molecule has 0 amide bonds. The molecular weight excluding hydrogens is 302 g/mol. The molecule has 4 heteroatoms. The molecule has 2 aliphatic rings. The van der Waals surface area contributed by atoms with Gasteiger partial charge in [0.25, 0.3) is 0 Å². The minimum absolute atomic E-state index is 0.111. The quantitative estimate of drug-likeness (QED) is 0.733. The van der Waals surface area contributed by atoms with Crippen molar-refractivity contribution in [2.45, 2.75) is 44.9 Å². The maximum Gasteiger partial charge on any atom is 0.131 e. The Morgan fingerprint density at radius 2 is 2.26 bits per heavy atom. The van der Waals surface area contributed by atoms with Crippen LogP contribution in [-0.4, -0.2) is 9.78 Å². The second kappa shape index (κ2) is 4.34. The van der Waals surface area contributed by atoms with Gasteiger partial charge in [-0.2, -0.15) is 10.4 Å². The van der Waals surface area contributed by atoms with Crippen molar-refractivity contribution in [3.05, 3.63) is 15.9 Å². The zero-order chi connectivity index (χ0) is 13.8. The zero-order valence-corrected chi connectivity index (χ0v) is 13.4. The molecule has 0 aromatic carbocycles. The van der Waals surface area contributed by atoms with Crippen molar-refractivity contribution < 1.29 is 0 Å². The van der Waals surface area contributed by atoms with Gasteiger partial charge in [0.2, 0.25) is 0 Å². The summed E-state index contributed by atoms with van der Waals surface area (Å²) in [7, 11) is 2.04. The van der Waals surface area contributed by atoms with Crippen LogP contribution in [0.4, 0.5) is 0 Å². The van der Waals surface area contributed by atoms with Gasteiger partial charge >= 0.3 is 0 Å². The highest BCUT2D eigenvalue weighted by atomic mass is 79.9. The first-order chi connectivity index (χ1) is 8.97. The standard InChI is InChI=1S/C15H20BrN3/c1-9-6-10(8-17)7-15(2)12(9)5-4-11-13(15)19(3)18-14(11)16/h9-10,12H,4-7H2,1-3H3/t9-,10?,12+,15+/m1/s1. The second-order valence-electron chi connectivity index (χ2n) is 6.55. The predicted octanol–water partition coefficient (Wildman–Crippen LogP) is 3.57. The molecule has 102 valence electrons. The van der Waals surface area contributed by atoms with Gasteiger partial charge < -0.3 is 0 Å². The molecule has 2 aliphatic carbocycles. The van der Waals surface area contributed by atoms with Crippen LogP contribution in [0.1, 0.15) is 44.4 Å². The van der Waals surface area contributed by atoms with Crippen molar-refractivity contribution >= 4 is 15.9 Å². The highest BCUT2D eigenvalue weighted by Gasteiger charge is 2.50. The van der Waals surface area contributed by atoms with Crippen molar-refractivity contribution in [1.29, 1.82) is 5.26 Å². The van der Waals surface area contributed by atoms with Gasteiger partial charge in [-0.05, 0) is 53.4 Å². The second-order valence-corrected chi connectivity index (χ2v) is 7.30. The molecule has 3 rings (SSSR count). The third kappa shape index (κ3) is 1.78. The first-order valence-corrected chi connectivity index (χ1v) is 7.88. The number of nitrogens with zero attached hydrogens (tertiary/aromatic N) is 3. The van der Waals surface area contributed by atoms with E-state index in [4.69, 9.17) is 0 Å². The van der Waals surface area contributed by atoms with E-state index in [9.17, 15) is 5.26 Å². The molecule has 1 heterocycles. The maximum absolute atomic E-state index is 9.35. The zero-order valence-electron chi connectivity index (χ0n) is 11.8. The topological polar surface area (TPSA) is 41.6 Å². The Labute approximate surface area is 123 Å². The summed E-state index contributed by atoms with van der Waals surface area (Å²) in [6, 6.07) is 2.51. The minimum Gasteiger partial charge on any atom is -0.271 e. The van der Waals surface area contributed by atoms with Gasteiger partial charge in [-0.15, -0.1) is 0 Å². The van der Waals surface area contributed by atoms with E-state index in [2.05, 4.69) is 40.9 Å². The molecule has 1 aromatic heterocycles. The van der Waals surface area contributed by atoms with Crippen LogP contribution < -0.4 is 0 Å². The summed E-state index contributed by atoms with van der Waals surface area (Å²) in [5.74, 6) is 1.51. The Morgan fingerprint density at radius 1 is 1.53 bits per heavy atom. The summed E-state index contributed by atoms with van der Waals surface area (Å²) >= 11 is 3.59. The van der Waals surface area contributed by atoms with Gasteiger partial charge in [-0.1, -0.05) is 13.8 Å². The van der Waals surface area contributed by atoms with E-state index >= 15 is 0 Å². The highest BCUT2D eigenvalue weighted by Crippen LogP contribution is 2.54. The fourth-order valence-electron chi connectivity index (χ4n) is 4.73. The van der Waals surface area contributed by atoms with Crippen LogP contribution in [0, 0.1) is 29.1 Å². The van der Waals surface area contributed by atoms with Gasteiger partial charge in [0.15, 0.2) is 0 Å². The molecule has 19 heavy (non-hydrogen) atoms. The molecule has 4 atom stereocenters. The number of halogens is 1. The summed E-state index contributed by atoms with van der Waals surface area (Å²) in [6.07, 6.45) is 4.39. The highest BCUT2D eigenvalue weighted by molar-refractivity contribution is 9.10. The molecule has 0 spiro atoms. The molecule has 1 aromatic rings. The Kier molecular flexibility index (Phi) is 3.01. The van der Waals surface area contributed by atoms with Gasteiger partial charge in [-0.3, -0.25) is 4.68 Å². The number of fused-ring (bicyclic) bond motifs is 3. The lowest BCUT2D eigenvalue weighted by Gasteiger charge is -2.49. The first-order valence-electron chi connectivity index (χ1n) is 7.09. The molecule has 1 saturated carbocycles. The van der Waals surface area contributed by atoms with E-state index in [-0.39, 0.29) is 11.3 Å². The summed E-state index contributed by atoms with van der Waals surface area (Å²) in [5.41, 5.74) is 2.84. The normalized spacial score (nSPS) is 37.3.